The molecule has 0 spiro atoms. The molecule has 8 nitrogen and oxygen atoms in total. The van der Waals surface area contributed by atoms with Crippen molar-refractivity contribution >= 4 is 5.91 Å². The van der Waals surface area contributed by atoms with Gasteiger partial charge in [-0.05, 0) is 51.1 Å². The quantitative estimate of drug-likeness (QED) is 0.431. The number of aryl methyl sites for hydroxylation is 1. The van der Waals surface area contributed by atoms with Crippen LogP contribution >= 0.6 is 0 Å². The second kappa shape index (κ2) is 10.9. The summed E-state index contributed by atoms with van der Waals surface area (Å²) in [6, 6.07) is 5.06. The lowest BCUT2D eigenvalue weighted by molar-refractivity contribution is -0.146. The van der Waals surface area contributed by atoms with E-state index in [-0.39, 0.29) is 35.8 Å². The standard InChI is InChI=1S/C24H26F4N4O4/c1-14-11-31(13-29-14)20-6-5-19(32(8-9-33)23(20)35)22(34)30-15(2)12-36-21-7-4-17(25)10-18(21)16(3)24(26,27)28/h4-7,10-11,13,15-16,33H,8-9,12H2,1-3H3,(H,30,34). The lowest BCUT2D eigenvalue weighted by atomic mass is 9.99. The summed E-state index contributed by atoms with van der Waals surface area (Å²) in [6.07, 6.45) is -1.50. The van der Waals surface area contributed by atoms with Gasteiger partial charge < -0.3 is 19.7 Å². The van der Waals surface area contributed by atoms with Crippen LogP contribution in [0.5, 0.6) is 5.75 Å². The first-order chi connectivity index (χ1) is 16.9. The fourth-order valence-corrected chi connectivity index (χ4v) is 3.56. The van der Waals surface area contributed by atoms with Crippen molar-refractivity contribution < 1.29 is 32.2 Å². The Hall–Kier alpha value is -3.67. The SMILES string of the molecule is Cc1cn(-c2ccc(C(=O)NC(C)COc3ccc(F)cc3C(C)C(F)(F)F)n(CCO)c2=O)cn1. The molecule has 2 heterocycles. The third-order valence-electron chi connectivity index (χ3n) is 5.50. The first-order valence-corrected chi connectivity index (χ1v) is 11.1. The third-order valence-corrected chi connectivity index (χ3v) is 5.50. The van der Waals surface area contributed by atoms with E-state index in [1.807, 2.05) is 0 Å². The van der Waals surface area contributed by atoms with Crippen LogP contribution in [0, 0.1) is 12.7 Å². The van der Waals surface area contributed by atoms with Crippen molar-refractivity contribution in [3.05, 3.63) is 76.0 Å². The average Bonchev–Trinajstić information content (AvgIpc) is 3.24. The van der Waals surface area contributed by atoms with Gasteiger partial charge >= 0.3 is 6.18 Å². The lowest BCUT2D eigenvalue weighted by Gasteiger charge is -2.21. The highest BCUT2D eigenvalue weighted by Crippen LogP contribution is 2.39. The van der Waals surface area contributed by atoms with Crippen LogP contribution in [0.15, 0.2) is 47.7 Å². The molecule has 0 aliphatic rings. The highest BCUT2D eigenvalue weighted by atomic mass is 19.4. The maximum Gasteiger partial charge on any atom is 0.395 e. The molecule has 194 valence electrons. The number of nitrogens with zero attached hydrogens (tertiary/aromatic N) is 3. The van der Waals surface area contributed by atoms with Gasteiger partial charge in [-0.15, -0.1) is 0 Å². The van der Waals surface area contributed by atoms with Gasteiger partial charge in [0.1, 0.15) is 29.6 Å². The van der Waals surface area contributed by atoms with Gasteiger partial charge in [0.25, 0.3) is 11.5 Å². The molecule has 2 atom stereocenters. The summed E-state index contributed by atoms with van der Waals surface area (Å²) in [6.45, 7) is 3.48. The van der Waals surface area contributed by atoms with Crippen LogP contribution in [-0.2, 0) is 6.54 Å². The molecule has 2 aromatic heterocycles. The van der Waals surface area contributed by atoms with Crippen molar-refractivity contribution in [2.75, 3.05) is 13.2 Å². The molecule has 0 fully saturated rings. The van der Waals surface area contributed by atoms with Gasteiger partial charge in [0.05, 0.1) is 30.6 Å². The fraction of sp³-hybridized carbons (Fsp3) is 0.375. The van der Waals surface area contributed by atoms with Gasteiger partial charge in [0, 0.05) is 18.3 Å². The minimum absolute atomic E-state index is 0.0188. The van der Waals surface area contributed by atoms with Crippen LogP contribution in [0.25, 0.3) is 5.69 Å². The highest BCUT2D eigenvalue weighted by Gasteiger charge is 2.39. The zero-order chi connectivity index (χ0) is 26.6. The zero-order valence-electron chi connectivity index (χ0n) is 19.8. The third kappa shape index (κ3) is 6.11. The molecule has 3 rings (SSSR count). The fourth-order valence-electron chi connectivity index (χ4n) is 3.56. The summed E-state index contributed by atoms with van der Waals surface area (Å²) in [4.78, 5) is 29.9. The van der Waals surface area contributed by atoms with Gasteiger partial charge in [-0.2, -0.15) is 13.2 Å². The molecule has 3 aromatic rings. The summed E-state index contributed by atoms with van der Waals surface area (Å²) in [5.41, 5.74) is 0.0279. The predicted octanol–water partition coefficient (Wildman–Crippen LogP) is 3.34. The number of rotatable bonds is 9. The predicted molar refractivity (Wildman–Crippen MR) is 123 cm³/mol. The van der Waals surface area contributed by atoms with Gasteiger partial charge in [-0.1, -0.05) is 0 Å². The summed E-state index contributed by atoms with van der Waals surface area (Å²) >= 11 is 0. The molecule has 0 saturated carbocycles. The van der Waals surface area contributed by atoms with E-state index in [4.69, 9.17) is 4.74 Å². The second-order valence-electron chi connectivity index (χ2n) is 8.34. The molecule has 0 aliphatic carbocycles. The van der Waals surface area contributed by atoms with Gasteiger partial charge in [0.2, 0.25) is 0 Å². The van der Waals surface area contributed by atoms with Crippen LogP contribution in [0.3, 0.4) is 0 Å². The number of imidazole rings is 1. The Morgan fingerprint density at radius 2 is 1.94 bits per heavy atom. The number of aliphatic hydroxyl groups excluding tert-OH is 1. The lowest BCUT2D eigenvalue weighted by Crippen LogP contribution is -2.40. The van der Waals surface area contributed by atoms with Crippen LogP contribution in [0.2, 0.25) is 0 Å². The minimum atomic E-state index is -4.59. The molecule has 2 unspecified atom stereocenters. The summed E-state index contributed by atoms with van der Waals surface area (Å²) < 4.78 is 61.3. The molecular formula is C24H26F4N4O4. The Labute approximate surface area is 204 Å². The van der Waals surface area contributed by atoms with Crippen molar-refractivity contribution in [3.63, 3.8) is 0 Å². The zero-order valence-corrected chi connectivity index (χ0v) is 19.8. The number of carbonyl (C=O) groups excluding carboxylic acids is 1. The number of amides is 1. The first kappa shape index (κ1) is 26.9. The largest absolute Gasteiger partial charge is 0.491 e. The first-order valence-electron chi connectivity index (χ1n) is 11.1. The van der Waals surface area contributed by atoms with Crippen LogP contribution in [0.1, 0.15) is 41.5 Å². The van der Waals surface area contributed by atoms with Crippen LogP contribution < -0.4 is 15.6 Å². The number of carbonyl (C=O) groups is 1. The number of hydrogen-bond donors (Lipinski definition) is 2. The molecule has 0 radical (unpaired) electrons. The Bertz CT molecular complexity index is 1290. The normalized spacial score (nSPS) is 13.3. The number of ether oxygens (including phenoxy) is 1. The Kier molecular flexibility index (Phi) is 8.18. The van der Waals surface area contributed by atoms with Crippen molar-refractivity contribution in [3.8, 4) is 11.4 Å². The molecule has 12 heteroatoms. The average molecular weight is 510 g/mol. The van der Waals surface area contributed by atoms with Gasteiger partial charge in [-0.3, -0.25) is 14.2 Å². The van der Waals surface area contributed by atoms with Crippen LogP contribution in [-0.4, -0.2) is 50.6 Å². The number of aromatic nitrogens is 3. The minimum Gasteiger partial charge on any atom is -0.491 e. The molecule has 0 saturated heterocycles. The molecule has 1 amide bonds. The van der Waals surface area contributed by atoms with E-state index in [1.165, 1.54) is 23.0 Å². The molecule has 36 heavy (non-hydrogen) atoms. The number of halogens is 4. The van der Waals surface area contributed by atoms with E-state index >= 15 is 0 Å². The summed E-state index contributed by atoms with van der Waals surface area (Å²) in [7, 11) is 0. The Morgan fingerprint density at radius 1 is 1.22 bits per heavy atom. The number of aliphatic hydroxyl groups is 1. The van der Waals surface area contributed by atoms with E-state index in [1.54, 1.807) is 20.0 Å². The van der Waals surface area contributed by atoms with Crippen LogP contribution in [0.4, 0.5) is 17.6 Å². The summed E-state index contributed by atoms with van der Waals surface area (Å²) in [5, 5.41) is 12.0. The van der Waals surface area contributed by atoms with E-state index < -0.39 is 42.0 Å². The highest BCUT2D eigenvalue weighted by molar-refractivity contribution is 5.92. The van der Waals surface area contributed by atoms with Gasteiger partial charge in [0.15, 0.2) is 0 Å². The van der Waals surface area contributed by atoms with Crippen molar-refractivity contribution in [1.29, 1.82) is 0 Å². The second-order valence-corrected chi connectivity index (χ2v) is 8.34. The number of benzene rings is 1. The van der Waals surface area contributed by atoms with E-state index in [9.17, 15) is 32.3 Å². The van der Waals surface area contributed by atoms with Crippen molar-refractivity contribution in [2.45, 2.75) is 45.5 Å². The monoisotopic (exact) mass is 510 g/mol. The Balaban J connectivity index is 1.76. The number of pyridine rings is 1. The van der Waals surface area contributed by atoms with E-state index in [0.717, 1.165) is 29.7 Å². The number of hydrogen-bond acceptors (Lipinski definition) is 5. The smallest absolute Gasteiger partial charge is 0.395 e. The summed E-state index contributed by atoms with van der Waals surface area (Å²) in [5.74, 6) is -3.59. The molecule has 0 bridgehead atoms. The molecular weight excluding hydrogens is 484 g/mol. The Morgan fingerprint density at radius 3 is 2.56 bits per heavy atom. The van der Waals surface area contributed by atoms with Crippen molar-refractivity contribution in [1.82, 2.24) is 19.4 Å². The topological polar surface area (TPSA) is 98.4 Å². The maximum absolute atomic E-state index is 13.6. The van der Waals surface area contributed by atoms with E-state index in [2.05, 4.69) is 10.3 Å². The van der Waals surface area contributed by atoms with E-state index in [0.29, 0.717) is 5.69 Å². The number of nitrogens with one attached hydrogen (secondary N) is 1. The maximum atomic E-state index is 13.6. The van der Waals surface area contributed by atoms with Crippen molar-refractivity contribution in [2.24, 2.45) is 0 Å². The molecule has 0 aliphatic heterocycles. The molecule has 2 N–H and O–H groups in total. The van der Waals surface area contributed by atoms with Gasteiger partial charge in [-0.25, -0.2) is 9.37 Å². The molecule has 1 aromatic carbocycles. The number of alkyl halides is 3.